The number of aliphatic imine (C=N–C) groups is 1. The lowest BCUT2D eigenvalue weighted by atomic mass is 10.00. The molecule has 8 nitrogen and oxygen atoms in total. The highest BCUT2D eigenvalue weighted by molar-refractivity contribution is 7.99. The maximum atomic E-state index is 11.4. The number of halogens is 2. The molecule has 1 N–H and O–H groups in total. The molecule has 5 rings (SSSR count). The van der Waals surface area contributed by atoms with Crippen molar-refractivity contribution in [1.29, 1.82) is 0 Å². The van der Waals surface area contributed by atoms with E-state index in [-0.39, 0.29) is 12.8 Å². The van der Waals surface area contributed by atoms with Crippen molar-refractivity contribution in [3.05, 3.63) is 69.5 Å². The molecule has 1 aromatic heterocycles. The van der Waals surface area contributed by atoms with E-state index in [2.05, 4.69) is 15.1 Å². The second-order valence-electron chi connectivity index (χ2n) is 8.25. The molecule has 2 aromatic carbocycles. The molecule has 1 atom stereocenters. The van der Waals surface area contributed by atoms with Crippen LogP contribution < -0.4 is 0 Å². The largest absolute Gasteiger partial charge is 0.481 e. The third-order valence-electron chi connectivity index (χ3n) is 5.94. The SMILES string of the molecule is O=C(O)CC[C@@H]1N=C(c2ccccc2Cl)c2cc(Cl)ccc2-n2c(SCN3CCOCC3)nnc21. The highest BCUT2D eigenvalue weighted by Gasteiger charge is 2.30. The second kappa shape index (κ2) is 10.7. The van der Waals surface area contributed by atoms with E-state index in [0.29, 0.717) is 40.0 Å². The molecular weight excluding hydrogens is 509 g/mol. The normalized spacial score (nSPS) is 17.9. The van der Waals surface area contributed by atoms with Crippen LogP contribution in [0.15, 0.2) is 52.6 Å². The number of carbonyl (C=O) groups is 1. The maximum absolute atomic E-state index is 11.4. The summed E-state index contributed by atoms with van der Waals surface area (Å²) in [5.74, 6) is 0.446. The number of benzene rings is 2. The molecule has 0 unspecified atom stereocenters. The van der Waals surface area contributed by atoms with E-state index in [4.69, 9.17) is 32.9 Å². The Hall–Kier alpha value is -2.43. The third-order valence-corrected chi connectivity index (χ3v) is 7.52. The van der Waals surface area contributed by atoms with Gasteiger partial charge >= 0.3 is 5.97 Å². The van der Waals surface area contributed by atoms with Crippen molar-refractivity contribution in [2.75, 3.05) is 32.2 Å². The number of thioether (sulfide) groups is 1. The Kier molecular flexibility index (Phi) is 7.40. The molecule has 11 heteroatoms. The summed E-state index contributed by atoms with van der Waals surface area (Å²) in [6.45, 7) is 3.15. The zero-order chi connectivity index (χ0) is 24.4. The Morgan fingerprint density at radius 3 is 2.69 bits per heavy atom. The zero-order valence-corrected chi connectivity index (χ0v) is 21.1. The summed E-state index contributed by atoms with van der Waals surface area (Å²) in [6, 6.07) is 12.6. The summed E-state index contributed by atoms with van der Waals surface area (Å²) in [5.41, 5.74) is 3.02. The first kappa shape index (κ1) is 24.3. The smallest absolute Gasteiger partial charge is 0.303 e. The van der Waals surface area contributed by atoms with Crippen LogP contribution in [0.25, 0.3) is 5.69 Å². The van der Waals surface area contributed by atoms with Gasteiger partial charge in [0.15, 0.2) is 11.0 Å². The van der Waals surface area contributed by atoms with Crippen LogP contribution >= 0.6 is 35.0 Å². The molecule has 1 saturated heterocycles. The van der Waals surface area contributed by atoms with Crippen LogP contribution in [-0.2, 0) is 9.53 Å². The summed E-state index contributed by atoms with van der Waals surface area (Å²) in [4.78, 5) is 18.8. The number of morpholine rings is 1. The van der Waals surface area contributed by atoms with Gasteiger partial charge in [0.05, 0.1) is 30.5 Å². The molecule has 0 radical (unpaired) electrons. The molecule has 182 valence electrons. The van der Waals surface area contributed by atoms with Gasteiger partial charge in [-0.2, -0.15) is 0 Å². The Bertz CT molecular complexity index is 1280. The molecule has 0 saturated carbocycles. The number of ether oxygens (including phenoxy) is 1. The first-order valence-electron chi connectivity index (χ1n) is 11.2. The van der Waals surface area contributed by atoms with E-state index in [9.17, 15) is 9.90 Å². The van der Waals surface area contributed by atoms with Crippen LogP contribution in [0.3, 0.4) is 0 Å². The van der Waals surface area contributed by atoms with Crippen molar-refractivity contribution in [3.63, 3.8) is 0 Å². The fourth-order valence-electron chi connectivity index (χ4n) is 4.19. The van der Waals surface area contributed by atoms with Crippen LogP contribution in [0, 0.1) is 0 Å². The number of carboxylic acids is 1. The molecule has 2 aliphatic rings. The van der Waals surface area contributed by atoms with Crippen molar-refractivity contribution in [2.24, 2.45) is 4.99 Å². The first-order chi connectivity index (χ1) is 17.0. The minimum absolute atomic E-state index is 0.0514. The number of aliphatic carboxylic acids is 1. The topological polar surface area (TPSA) is 92.8 Å². The molecule has 3 heterocycles. The Balaban J connectivity index is 1.63. The van der Waals surface area contributed by atoms with Gasteiger partial charge in [0.25, 0.3) is 0 Å². The minimum Gasteiger partial charge on any atom is -0.481 e. The van der Waals surface area contributed by atoms with Crippen molar-refractivity contribution >= 4 is 46.6 Å². The van der Waals surface area contributed by atoms with Gasteiger partial charge in [-0.25, -0.2) is 0 Å². The summed E-state index contributed by atoms with van der Waals surface area (Å²) >= 11 is 14.6. The maximum Gasteiger partial charge on any atom is 0.303 e. The van der Waals surface area contributed by atoms with E-state index < -0.39 is 12.0 Å². The van der Waals surface area contributed by atoms with E-state index in [1.807, 2.05) is 47.0 Å². The lowest BCUT2D eigenvalue weighted by Gasteiger charge is -2.25. The van der Waals surface area contributed by atoms with Crippen molar-refractivity contribution < 1.29 is 14.6 Å². The first-order valence-corrected chi connectivity index (χ1v) is 13.0. The number of nitrogens with zero attached hydrogens (tertiary/aromatic N) is 5. The van der Waals surface area contributed by atoms with Crippen LogP contribution in [0.5, 0.6) is 0 Å². The highest BCUT2D eigenvalue weighted by Crippen LogP contribution is 2.37. The average Bonchev–Trinajstić information content (AvgIpc) is 3.22. The quantitative estimate of drug-likeness (QED) is 0.441. The lowest BCUT2D eigenvalue weighted by molar-refractivity contribution is -0.137. The van der Waals surface area contributed by atoms with Crippen LogP contribution in [0.1, 0.15) is 35.8 Å². The van der Waals surface area contributed by atoms with Gasteiger partial charge in [-0.15, -0.1) is 10.2 Å². The lowest BCUT2D eigenvalue weighted by Crippen LogP contribution is -2.35. The van der Waals surface area contributed by atoms with E-state index in [1.165, 1.54) is 0 Å². The predicted molar refractivity (Wildman–Crippen MR) is 136 cm³/mol. The molecular formula is C24H23Cl2N5O3S. The van der Waals surface area contributed by atoms with Crippen LogP contribution in [0.4, 0.5) is 0 Å². The summed E-state index contributed by atoms with van der Waals surface area (Å²) in [7, 11) is 0. The molecule has 35 heavy (non-hydrogen) atoms. The third kappa shape index (κ3) is 5.24. The molecule has 1 fully saturated rings. The standard InChI is InChI=1S/C24H23Cl2N5O3S/c25-15-5-7-20-17(13-15)22(16-3-1-2-4-18(16)26)27-19(6-8-21(32)33)23-28-29-24(31(20)23)35-14-30-9-11-34-12-10-30/h1-5,7,13,19H,6,8-12,14H2,(H,32,33)/t19-/m0/s1. The zero-order valence-electron chi connectivity index (χ0n) is 18.7. The van der Waals surface area contributed by atoms with Crippen molar-refractivity contribution in [1.82, 2.24) is 19.7 Å². The highest BCUT2D eigenvalue weighted by atomic mass is 35.5. The number of carboxylic acid groups (broad SMARTS) is 1. The van der Waals surface area contributed by atoms with Gasteiger partial charge in [0, 0.05) is 40.7 Å². The van der Waals surface area contributed by atoms with Crippen molar-refractivity contribution in [3.8, 4) is 5.69 Å². The molecule has 0 bridgehead atoms. The van der Waals surface area contributed by atoms with Gasteiger partial charge < -0.3 is 9.84 Å². The van der Waals surface area contributed by atoms with Gasteiger partial charge in [0.1, 0.15) is 6.04 Å². The summed E-state index contributed by atoms with van der Waals surface area (Å²) in [5, 5.41) is 20.2. The number of hydrogen-bond donors (Lipinski definition) is 1. The predicted octanol–water partition coefficient (Wildman–Crippen LogP) is 4.71. The number of fused-ring (bicyclic) bond motifs is 3. The van der Waals surface area contributed by atoms with E-state index in [0.717, 1.165) is 35.8 Å². The number of hydrogen-bond acceptors (Lipinski definition) is 7. The molecule has 0 spiro atoms. The van der Waals surface area contributed by atoms with E-state index >= 15 is 0 Å². The minimum atomic E-state index is -0.891. The van der Waals surface area contributed by atoms with Crippen LogP contribution in [0.2, 0.25) is 10.0 Å². The number of aromatic nitrogens is 3. The number of rotatable bonds is 7. The molecule has 0 amide bonds. The van der Waals surface area contributed by atoms with Crippen molar-refractivity contribution in [2.45, 2.75) is 24.0 Å². The van der Waals surface area contributed by atoms with Gasteiger partial charge in [-0.1, -0.05) is 53.2 Å². The Labute approximate surface area is 216 Å². The molecule has 2 aliphatic heterocycles. The van der Waals surface area contributed by atoms with Gasteiger partial charge in [0.2, 0.25) is 0 Å². The van der Waals surface area contributed by atoms with E-state index in [1.54, 1.807) is 11.8 Å². The summed E-state index contributed by atoms with van der Waals surface area (Å²) in [6.07, 6.45) is 0.224. The van der Waals surface area contributed by atoms with Gasteiger partial charge in [-0.3, -0.25) is 19.3 Å². The fourth-order valence-corrected chi connectivity index (χ4v) is 5.57. The fraction of sp³-hybridized carbons (Fsp3) is 0.333. The summed E-state index contributed by atoms with van der Waals surface area (Å²) < 4.78 is 7.44. The Morgan fingerprint density at radius 2 is 1.91 bits per heavy atom. The Morgan fingerprint density at radius 1 is 1.11 bits per heavy atom. The molecule has 0 aliphatic carbocycles. The molecule has 3 aromatic rings. The van der Waals surface area contributed by atoms with Gasteiger partial charge in [-0.05, 0) is 30.7 Å². The monoisotopic (exact) mass is 531 g/mol. The van der Waals surface area contributed by atoms with Crippen LogP contribution in [-0.4, -0.2) is 68.6 Å². The second-order valence-corrected chi connectivity index (χ2v) is 10.0. The average molecular weight is 532 g/mol.